The molecule has 3 aromatic rings. The fourth-order valence-electron chi connectivity index (χ4n) is 3.94. The molecule has 2 aromatic carbocycles. The Morgan fingerprint density at radius 1 is 1.27 bits per heavy atom. The zero-order valence-electron chi connectivity index (χ0n) is 16.8. The second kappa shape index (κ2) is 8.37. The van der Waals surface area contributed by atoms with Crippen LogP contribution in [0.4, 0.5) is 0 Å². The number of carbonyl (C=O) groups excluding carboxylic acids is 2. The van der Waals surface area contributed by atoms with Crippen molar-refractivity contribution in [1.82, 2.24) is 20.4 Å². The number of aryl methyl sites for hydroxylation is 1. The SMILES string of the molecule is CC(=O)NCC1CCn2ncc(C(=O)NC(C#N)c3ccc4ccccc4c3)c2C1. The average Bonchev–Trinajstić information content (AvgIpc) is 3.19. The van der Waals surface area contributed by atoms with Crippen LogP contribution >= 0.6 is 0 Å². The van der Waals surface area contributed by atoms with E-state index in [4.69, 9.17) is 0 Å². The first kappa shape index (κ1) is 19.6. The molecule has 1 aliphatic rings. The van der Waals surface area contributed by atoms with Crippen LogP contribution in [0.15, 0.2) is 48.7 Å². The quantitative estimate of drug-likeness (QED) is 0.687. The molecule has 2 N–H and O–H groups in total. The zero-order chi connectivity index (χ0) is 21.1. The van der Waals surface area contributed by atoms with Crippen LogP contribution in [0.2, 0.25) is 0 Å². The topological polar surface area (TPSA) is 99.8 Å². The van der Waals surface area contributed by atoms with Crippen molar-refractivity contribution >= 4 is 22.6 Å². The number of benzene rings is 2. The summed E-state index contributed by atoms with van der Waals surface area (Å²) in [5, 5.41) is 21.8. The fourth-order valence-corrected chi connectivity index (χ4v) is 3.94. The molecule has 0 spiro atoms. The molecule has 2 atom stereocenters. The largest absolute Gasteiger partial charge is 0.356 e. The number of amides is 2. The third-order valence-electron chi connectivity index (χ3n) is 5.58. The van der Waals surface area contributed by atoms with E-state index in [2.05, 4.69) is 21.8 Å². The van der Waals surface area contributed by atoms with Crippen LogP contribution < -0.4 is 10.6 Å². The first-order chi connectivity index (χ1) is 14.5. The highest BCUT2D eigenvalue weighted by molar-refractivity contribution is 5.95. The minimum absolute atomic E-state index is 0.0562. The Balaban J connectivity index is 1.51. The Hall–Kier alpha value is -3.66. The number of nitrogens with one attached hydrogen (secondary N) is 2. The predicted molar refractivity (Wildman–Crippen MR) is 112 cm³/mol. The molecule has 2 heterocycles. The van der Waals surface area contributed by atoms with Gasteiger partial charge in [-0.2, -0.15) is 10.4 Å². The molecule has 0 aliphatic carbocycles. The lowest BCUT2D eigenvalue weighted by molar-refractivity contribution is -0.119. The van der Waals surface area contributed by atoms with Crippen LogP contribution in [0.5, 0.6) is 0 Å². The highest BCUT2D eigenvalue weighted by Crippen LogP contribution is 2.24. The minimum Gasteiger partial charge on any atom is -0.356 e. The number of aromatic nitrogens is 2. The Morgan fingerprint density at radius 3 is 2.83 bits per heavy atom. The fraction of sp³-hybridized carbons (Fsp3) is 0.304. The second-order valence-electron chi connectivity index (χ2n) is 7.67. The van der Waals surface area contributed by atoms with E-state index in [1.54, 1.807) is 6.20 Å². The highest BCUT2D eigenvalue weighted by atomic mass is 16.2. The zero-order valence-corrected chi connectivity index (χ0v) is 16.8. The van der Waals surface area contributed by atoms with Crippen molar-refractivity contribution in [3.05, 3.63) is 65.5 Å². The van der Waals surface area contributed by atoms with Gasteiger partial charge in [0.1, 0.15) is 6.04 Å². The molecule has 4 rings (SSSR count). The van der Waals surface area contributed by atoms with Crippen molar-refractivity contribution in [3.63, 3.8) is 0 Å². The van der Waals surface area contributed by atoms with Crippen LogP contribution in [-0.4, -0.2) is 28.1 Å². The van der Waals surface area contributed by atoms with Crippen LogP contribution in [0, 0.1) is 17.2 Å². The van der Waals surface area contributed by atoms with Gasteiger partial charge in [0.05, 0.1) is 23.5 Å². The Bertz CT molecular complexity index is 1140. The smallest absolute Gasteiger partial charge is 0.256 e. The van der Waals surface area contributed by atoms with Crippen molar-refractivity contribution in [3.8, 4) is 6.07 Å². The van der Waals surface area contributed by atoms with Crippen molar-refractivity contribution in [1.29, 1.82) is 5.26 Å². The molecule has 2 unspecified atom stereocenters. The van der Waals surface area contributed by atoms with Crippen molar-refractivity contribution in [2.75, 3.05) is 6.54 Å². The average molecular weight is 401 g/mol. The summed E-state index contributed by atoms with van der Waals surface area (Å²) in [6.45, 7) is 2.79. The van der Waals surface area contributed by atoms with Gasteiger partial charge in [0.15, 0.2) is 0 Å². The minimum atomic E-state index is -0.753. The summed E-state index contributed by atoms with van der Waals surface area (Å²) < 4.78 is 1.84. The van der Waals surface area contributed by atoms with Gasteiger partial charge < -0.3 is 10.6 Å². The molecule has 0 saturated carbocycles. The first-order valence-corrected chi connectivity index (χ1v) is 10.0. The summed E-state index contributed by atoms with van der Waals surface area (Å²) in [4.78, 5) is 24.2. The van der Waals surface area contributed by atoms with Crippen molar-refractivity contribution in [2.24, 2.45) is 5.92 Å². The van der Waals surface area contributed by atoms with Crippen LogP contribution in [-0.2, 0) is 17.8 Å². The predicted octanol–water partition coefficient (Wildman–Crippen LogP) is 2.73. The first-order valence-electron chi connectivity index (χ1n) is 10.0. The molecular formula is C23H23N5O2. The number of hydrogen-bond donors (Lipinski definition) is 2. The van der Waals surface area contributed by atoms with E-state index in [0.29, 0.717) is 25.1 Å². The highest BCUT2D eigenvalue weighted by Gasteiger charge is 2.26. The van der Waals surface area contributed by atoms with Crippen LogP contribution in [0.1, 0.15) is 41.0 Å². The number of carbonyl (C=O) groups is 2. The van der Waals surface area contributed by atoms with Gasteiger partial charge in [-0.15, -0.1) is 0 Å². The maximum absolute atomic E-state index is 13.0. The van der Waals surface area contributed by atoms with Gasteiger partial charge in [0.2, 0.25) is 5.91 Å². The van der Waals surface area contributed by atoms with Gasteiger partial charge in [-0.1, -0.05) is 36.4 Å². The van der Waals surface area contributed by atoms with E-state index in [0.717, 1.165) is 28.5 Å². The molecule has 1 aromatic heterocycles. The van der Waals surface area contributed by atoms with Gasteiger partial charge in [0, 0.05) is 20.0 Å². The molecule has 0 fully saturated rings. The molecule has 1 aliphatic heterocycles. The molecule has 7 nitrogen and oxygen atoms in total. The van der Waals surface area contributed by atoms with Crippen LogP contribution in [0.3, 0.4) is 0 Å². The molecule has 0 saturated heterocycles. The second-order valence-corrected chi connectivity index (χ2v) is 7.67. The van der Waals surface area contributed by atoms with Gasteiger partial charge in [0.25, 0.3) is 5.91 Å². The van der Waals surface area contributed by atoms with Gasteiger partial charge in [-0.3, -0.25) is 14.3 Å². The standard InChI is InChI=1S/C23H23N5O2/c1-15(29)25-13-16-8-9-28-22(10-16)20(14-26-28)23(30)27-21(12-24)19-7-6-17-4-2-3-5-18(17)11-19/h2-7,11,14,16,21H,8-10,13H2,1H3,(H,25,29)(H,27,30). The lowest BCUT2D eigenvalue weighted by Gasteiger charge is -2.24. The molecule has 0 bridgehead atoms. The summed E-state index contributed by atoms with van der Waals surface area (Å²) in [6, 6.07) is 15.1. The third-order valence-corrected chi connectivity index (χ3v) is 5.58. The summed E-state index contributed by atoms with van der Waals surface area (Å²) in [5.41, 5.74) is 2.09. The number of nitriles is 1. The summed E-state index contributed by atoms with van der Waals surface area (Å²) in [7, 11) is 0. The van der Waals surface area contributed by atoms with E-state index in [1.807, 2.05) is 47.1 Å². The summed E-state index contributed by atoms with van der Waals surface area (Å²) in [5.74, 6) is -0.104. The van der Waals surface area contributed by atoms with E-state index in [-0.39, 0.29) is 17.7 Å². The molecule has 0 radical (unpaired) electrons. The van der Waals surface area contributed by atoms with Gasteiger partial charge in [-0.05, 0) is 41.2 Å². The van der Waals surface area contributed by atoms with Crippen LogP contribution in [0.25, 0.3) is 10.8 Å². The molecule has 30 heavy (non-hydrogen) atoms. The maximum atomic E-state index is 13.0. The van der Waals surface area contributed by atoms with E-state index < -0.39 is 6.04 Å². The maximum Gasteiger partial charge on any atom is 0.256 e. The number of rotatable bonds is 5. The molecule has 2 amide bonds. The van der Waals surface area contributed by atoms with E-state index in [9.17, 15) is 14.9 Å². The Kier molecular flexibility index (Phi) is 5.48. The number of hydrogen-bond acceptors (Lipinski definition) is 4. The number of fused-ring (bicyclic) bond motifs is 2. The number of nitrogens with zero attached hydrogens (tertiary/aromatic N) is 3. The third kappa shape index (κ3) is 4.03. The van der Waals surface area contributed by atoms with Crippen molar-refractivity contribution in [2.45, 2.75) is 32.4 Å². The molecular weight excluding hydrogens is 378 g/mol. The molecule has 7 heteroatoms. The molecule has 152 valence electrons. The normalized spacial score (nSPS) is 16.3. The van der Waals surface area contributed by atoms with E-state index >= 15 is 0 Å². The summed E-state index contributed by atoms with van der Waals surface area (Å²) in [6.07, 6.45) is 3.13. The lowest BCUT2D eigenvalue weighted by Crippen LogP contribution is -2.33. The lowest BCUT2D eigenvalue weighted by atomic mass is 9.94. The van der Waals surface area contributed by atoms with Gasteiger partial charge in [-0.25, -0.2) is 0 Å². The monoisotopic (exact) mass is 401 g/mol. The Labute approximate surface area is 174 Å². The summed E-state index contributed by atoms with van der Waals surface area (Å²) >= 11 is 0. The Morgan fingerprint density at radius 2 is 2.07 bits per heavy atom. The van der Waals surface area contributed by atoms with Gasteiger partial charge >= 0.3 is 0 Å². The van der Waals surface area contributed by atoms with Crippen molar-refractivity contribution < 1.29 is 9.59 Å². The van der Waals surface area contributed by atoms with E-state index in [1.165, 1.54) is 6.92 Å².